The van der Waals surface area contributed by atoms with Crippen molar-refractivity contribution in [1.29, 1.82) is 0 Å². The molecule has 0 saturated heterocycles. The number of hydrogen-bond donors (Lipinski definition) is 1. The fraction of sp³-hybridized carbons (Fsp3) is 0.263. The molecule has 0 bridgehead atoms. The van der Waals surface area contributed by atoms with Crippen molar-refractivity contribution in [3.05, 3.63) is 48.5 Å². The maximum atomic E-state index is 6.01. The first-order chi connectivity index (χ1) is 11.5. The van der Waals surface area contributed by atoms with Crippen molar-refractivity contribution in [2.24, 2.45) is 0 Å². The van der Waals surface area contributed by atoms with Gasteiger partial charge in [-0.25, -0.2) is 9.97 Å². The smallest absolute Gasteiger partial charge is 0.258 e. The van der Waals surface area contributed by atoms with Gasteiger partial charge in [-0.05, 0) is 45.0 Å². The third-order valence-electron chi connectivity index (χ3n) is 3.30. The van der Waals surface area contributed by atoms with Gasteiger partial charge in [0.15, 0.2) is 5.82 Å². The zero-order valence-electron chi connectivity index (χ0n) is 14.3. The van der Waals surface area contributed by atoms with E-state index < -0.39 is 0 Å². The second kappa shape index (κ2) is 6.35. The lowest BCUT2D eigenvalue weighted by Gasteiger charge is -2.22. The van der Waals surface area contributed by atoms with Crippen LogP contribution in [0.4, 0.5) is 11.5 Å². The molecule has 0 unspecified atom stereocenters. The van der Waals surface area contributed by atoms with E-state index in [2.05, 4.69) is 15.3 Å². The van der Waals surface area contributed by atoms with Crippen molar-refractivity contribution in [2.75, 3.05) is 12.4 Å². The summed E-state index contributed by atoms with van der Waals surface area (Å²) < 4.78 is 11.4. The Bertz CT molecular complexity index is 857. The second-order valence-electron chi connectivity index (χ2n) is 6.41. The quantitative estimate of drug-likeness (QED) is 0.763. The van der Waals surface area contributed by atoms with Crippen molar-refractivity contribution < 1.29 is 9.47 Å². The van der Waals surface area contributed by atoms with Crippen molar-refractivity contribution in [3.63, 3.8) is 0 Å². The highest BCUT2D eigenvalue weighted by Crippen LogP contribution is 2.32. The summed E-state index contributed by atoms with van der Waals surface area (Å²) in [6.45, 7) is 5.95. The number of rotatable bonds is 4. The lowest BCUT2D eigenvalue weighted by Crippen LogP contribution is -2.24. The Kier molecular flexibility index (Phi) is 4.25. The molecule has 0 radical (unpaired) electrons. The van der Waals surface area contributed by atoms with E-state index in [9.17, 15) is 0 Å². The maximum Gasteiger partial charge on any atom is 0.258 e. The van der Waals surface area contributed by atoms with Crippen LogP contribution < -0.4 is 14.8 Å². The van der Waals surface area contributed by atoms with Crippen LogP contribution in [-0.4, -0.2) is 22.7 Å². The van der Waals surface area contributed by atoms with Gasteiger partial charge in [0.1, 0.15) is 11.4 Å². The Morgan fingerprint density at radius 2 is 1.50 bits per heavy atom. The average molecular weight is 323 g/mol. The van der Waals surface area contributed by atoms with Crippen LogP contribution in [0.1, 0.15) is 20.8 Å². The number of ether oxygens (including phenoxy) is 2. The highest BCUT2D eigenvalue weighted by atomic mass is 16.5. The summed E-state index contributed by atoms with van der Waals surface area (Å²) in [5, 5.41) is 3.28. The van der Waals surface area contributed by atoms with Crippen LogP contribution in [0.15, 0.2) is 48.5 Å². The Balaban J connectivity index is 2.08. The number of nitrogens with zero attached hydrogens (tertiary/aromatic N) is 2. The molecule has 0 aliphatic carbocycles. The average Bonchev–Trinajstić information content (AvgIpc) is 2.54. The Hall–Kier alpha value is -2.82. The van der Waals surface area contributed by atoms with Gasteiger partial charge in [0.05, 0.1) is 23.8 Å². The van der Waals surface area contributed by atoms with Crippen LogP contribution in [0.2, 0.25) is 0 Å². The van der Waals surface area contributed by atoms with Gasteiger partial charge in [0, 0.05) is 0 Å². The fourth-order valence-corrected chi connectivity index (χ4v) is 2.30. The molecule has 5 nitrogen and oxygen atoms in total. The minimum absolute atomic E-state index is 0.381. The van der Waals surface area contributed by atoms with Crippen molar-refractivity contribution >= 4 is 22.5 Å². The largest absolute Gasteiger partial charge is 0.495 e. The van der Waals surface area contributed by atoms with E-state index in [1.165, 1.54) is 0 Å². The first-order valence-electron chi connectivity index (χ1n) is 7.82. The van der Waals surface area contributed by atoms with Gasteiger partial charge in [-0.3, -0.25) is 0 Å². The van der Waals surface area contributed by atoms with Gasteiger partial charge in [-0.2, -0.15) is 0 Å². The minimum atomic E-state index is -0.381. The molecule has 5 heteroatoms. The van der Waals surface area contributed by atoms with Crippen LogP contribution in [0, 0.1) is 0 Å². The summed E-state index contributed by atoms with van der Waals surface area (Å²) in [4.78, 5) is 9.30. The van der Waals surface area contributed by atoms with Gasteiger partial charge in [0.2, 0.25) is 0 Å². The summed E-state index contributed by atoms with van der Waals surface area (Å²) in [6, 6.07) is 15.4. The van der Waals surface area contributed by atoms with Crippen molar-refractivity contribution in [2.45, 2.75) is 26.4 Å². The van der Waals surface area contributed by atoms with E-state index in [1.807, 2.05) is 69.3 Å². The van der Waals surface area contributed by atoms with Crippen LogP contribution in [0.3, 0.4) is 0 Å². The van der Waals surface area contributed by atoms with Crippen LogP contribution in [-0.2, 0) is 0 Å². The van der Waals surface area contributed by atoms with Gasteiger partial charge in [-0.1, -0.05) is 24.3 Å². The summed E-state index contributed by atoms with van der Waals surface area (Å²) in [5.41, 5.74) is 2.02. The van der Waals surface area contributed by atoms with Gasteiger partial charge < -0.3 is 14.8 Å². The normalized spacial score (nSPS) is 11.3. The molecule has 1 aromatic heterocycles. The molecule has 1 N–H and O–H groups in total. The zero-order chi connectivity index (χ0) is 17.2. The summed E-state index contributed by atoms with van der Waals surface area (Å²) in [5.74, 6) is 1.76. The molecule has 0 spiro atoms. The molecule has 1 heterocycles. The third kappa shape index (κ3) is 3.56. The molecule has 0 saturated carbocycles. The molecule has 0 amide bonds. The summed E-state index contributed by atoms with van der Waals surface area (Å²) >= 11 is 0. The molecule has 0 aliphatic rings. The molecule has 2 aromatic carbocycles. The highest BCUT2D eigenvalue weighted by molar-refractivity contribution is 5.79. The van der Waals surface area contributed by atoms with E-state index in [1.54, 1.807) is 7.11 Å². The van der Waals surface area contributed by atoms with Crippen LogP contribution in [0.5, 0.6) is 11.6 Å². The van der Waals surface area contributed by atoms with E-state index in [-0.39, 0.29) is 5.60 Å². The second-order valence-corrected chi connectivity index (χ2v) is 6.41. The molecule has 124 valence electrons. The topological polar surface area (TPSA) is 56.3 Å². The minimum Gasteiger partial charge on any atom is -0.495 e. The maximum absolute atomic E-state index is 6.01. The lowest BCUT2D eigenvalue weighted by molar-refractivity contribution is 0.125. The monoisotopic (exact) mass is 323 g/mol. The number of para-hydroxylation sites is 4. The van der Waals surface area contributed by atoms with E-state index in [0.717, 1.165) is 22.5 Å². The van der Waals surface area contributed by atoms with Crippen LogP contribution >= 0.6 is 0 Å². The molecule has 0 atom stereocenters. The van der Waals surface area contributed by atoms with Gasteiger partial charge in [0.25, 0.3) is 5.88 Å². The Morgan fingerprint density at radius 1 is 0.875 bits per heavy atom. The predicted molar refractivity (Wildman–Crippen MR) is 96.2 cm³/mol. The lowest BCUT2D eigenvalue weighted by atomic mass is 10.2. The number of aromatic nitrogens is 2. The summed E-state index contributed by atoms with van der Waals surface area (Å²) in [7, 11) is 1.64. The molecule has 0 aliphatic heterocycles. The molecule has 3 aromatic rings. The Morgan fingerprint density at radius 3 is 2.17 bits per heavy atom. The van der Waals surface area contributed by atoms with E-state index in [0.29, 0.717) is 11.7 Å². The fourth-order valence-electron chi connectivity index (χ4n) is 2.30. The summed E-state index contributed by atoms with van der Waals surface area (Å²) in [6.07, 6.45) is 0. The SMILES string of the molecule is COc1ccccc1Nc1nc2ccccc2nc1OC(C)(C)C. The predicted octanol–water partition coefficient (Wildman–Crippen LogP) is 4.56. The number of methoxy groups -OCH3 is 1. The van der Waals surface area contributed by atoms with Crippen molar-refractivity contribution in [1.82, 2.24) is 9.97 Å². The molecule has 3 rings (SSSR count). The molecule has 0 fully saturated rings. The standard InChI is InChI=1S/C19H21N3O2/c1-19(2,3)24-18-17(20-13-9-5-6-10-14(13)22-18)21-15-11-7-8-12-16(15)23-4/h5-12H,1-4H3,(H,20,21). The number of anilines is 2. The van der Waals surface area contributed by atoms with Crippen molar-refractivity contribution in [3.8, 4) is 11.6 Å². The van der Waals surface area contributed by atoms with Gasteiger partial charge in [-0.15, -0.1) is 0 Å². The highest BCUT2D eigenvalue weighted by Gasteiger charge is 2.19. The van der Waals surface area contributed by atoms with E-state index >= 15 is 0 Å². The van der Waals surface area contributed by atoms with E-state index in [4.69, 9.17) is 9.47 Å². The number of nitrogens with one attached hydrogen (secondary N) is 1. The number of fused-ring (bicyclic) bond motifs is 1. The first kappa shape index (κ1) is 16.1. The zero-order valence-corrected chi connectivity index (χ0v) is 14.3. The number of hydrogen-bond acceptors (Lipinski definition) is 5. The Labute approximate surface area is 141 Å². The number of benzene rings is 2. The molecular formula is C19H21N3O2. The van der Waals surface area contributed by atoms with Crippen LogP contribution in [0.25, 0.3) is 11.0 Å². The van der Waals surface area contributed by atoms with Gasteiger partial charge >= 0.3 is 0 Å². The third-order valence-corrected chi connectivity index (χ3v) is 3.30. The first-order valence-corrected chi connectivity index (χ1v) is 7.82. The molecular weight excluding hydrogens is 302 g/mol. The molecule has 24 heavy (non-hydrogen) atoms.